The molecule has 0 atom stereocenters. The van der Waals surface area contributed by atoms with Crippen molar-refractivity contribution in [3.8, 4) is 23.6 Å². The molecule has 1 amide bonds. The second kappa shape index (κ2) is 12.0. The van der Waals surface area contributed by atoms with E-state index in [1.807, 2.05) is 0 Å². The van der Waals surface area contributed by atoms with Gasteiger partial charge in [-0.15, -0.1) is 0 Å². The van der Waals surface area contributed by atoms with E-state index in [4.69, 9.17) is 26.9 Å². The van der Waals surface area contributed by atoms with Gasteiger partial charge in [0.25, 0.3) is 5.56 Å². The summed E-state index contributed by atoms with van der Waals surface area (Å²) in [5.41, 5.74) is -0.437. The third-order valence-corrected chi connectivity index (χ3v) is 5.13. The van der Waals surface area contributed by atoms with Crippen molar-refractivity contribution in [2.75, 3.05) is 0 Å². The van der Waals surface area contributed by atoms with Crippen LogP contribution in [0.3, 0.4) is 0 Å². The molecule has 2 aromatic carbocycles. The minimum absolute atomic E-state index is 0.00408. The molecule has 1 aromatic heterocycles. The fraction of sp³-hybridized carbons (Fsp3) is 0.120. The molecule has 39 heavy (non-hydrogen) atoms. The molecule has 1 N–H and O–H groups in total. The number of hydrogen-bond acceptors (Lipinski definition) is 7. The molecule has 0 saturated heterocycles. The highest BCUT2D eigenvalue weighted by atomic mass is 35.5. The molecule has 14 heteroatoms. The minimum Gasteiger partial charge on any atom is -0.449 e. The van der Waals surface area contributed by atoms with Crippen LogP contribution >= 0.6 is 11.6 Å². The van der Waals surface area contributed by atoms with E-state index in [1.165, 1.54) is 31.2 Å². The van der Waals surface area contributed by atoms with Crippen LogP contribution in [-0.2, 0) is 17.5 Å². The molecule has 0 radical (unpaired) electrons. The van der Waals surface area contributed by atoms with E-state index in [1.54, 1.807) is 12.1 Å². The fourth-order valence-electron chi connectivity index (χ4n) is 3.27. The number of allylic oxidation sites excluding steroid dienone is 2. The highest BCUT2D eigenvalue weighted by Gasteiger charge is 2.38. The van der Waals surface area contributed by atoms with Crippen LogP contribution in [0, 0.1) is 28.5 Å². The summed E-state index contributed by atoms with van der Waals surface area (Å²) in [6, 6.07) is 10.5. The fourth-order valence-corrected chi connectivity index (χ4v) is 3.49. The number of hydrogen-bond donors (Lipinski definition) is 1. The van der Waals surface area contributed by atoms with E-state index in [0.717, 1.165) is 22.8 Å². The number of nitrogens with zero attached hydrogens (tertiary/aromatic N) is 5. The Morgan fingerprint density at radius 1 is 1.23 bits per heavy atom. The van der Waals surface area contributed by atoms with Crippen molar-refractivity contribution in [3.05, 3.63) is 98.0 Å². The molecule has 198 valence electrons. The van der Waals surface area contributed by atoms with Crippen LogP contribution in [0.15, 0.2) is 64.3 Å². The summed E-state index contributed by atoms with van der Waals surface area (Å²) in [5.74, 6) is -2.27. The number of benzene rings is 2. The number of halogens is 5. The summed E-state index contributed by atoms with van der Waals surface area (Å²) in [4.78, 5) is 27.2. The first kappa shape index (κ1) is 28.6. The van der Waals surface area contributed by atoms with Crippen molar-refractivity contribution in [2.24, 2.45) is 5.10 Å². The van der Waals surface area contributed by atoms with Crippen LogP contribution in [0.1, 0.15) is 29.3 Å². The highest BCUT2D eigenvalue weighted by Crippen LogP contribution is 2.35. The number of ether oxygens (including phenoxy) is 1. The zero-order valence-electron chi connectivity index (χ0n) is 19.8. The van der Waals surface area contributed by atoms with Gasteiger partial charge in [-0.25, -0.2) is 14.8 Å². The van der Waals surface area contributed by atoms with Gasteiger partial charge in [-0.05, 0) is 43.3 Å². The molecular weight excluding hydrogens is 544 g/mol. The summed E-state index contributed by atoms with van der Waals surface area (Å²) in [7, 11) is 0. The third-order valence-electron chi connectivity index (χ3n) is 4.91. The normalized spacial score (nSPS) is 11.9. The monoisotopic (exact) mass is 558 g/mol. The molecule has 0 saturated carbocycles. The Bertz CT molecular complexity index is 1630. The van der Waals surface area contributed by atoms with Gasteiger partial charge in [-0.2, -0.15) is 28.8 Å². The Morgan fingerprint density at radius 3 is 2.59 bits per heavy atom. The van der Waals surface area contributed by atoms with Gasteiger partial charge in [0.2, 0.25) is 12.2 Å². The Labute approximate surface area is 222 Å². The van der Waals surface area contributed by atoms with Crippen LogP contribution in [0.4, 0.5) is 17.6 Å². The first-order chi connectivity index (χ1) is 18.5. The van der Waals surface area contributed by atoms with Gasteiger partial charge in [0, 0.05) is 17.1 Å². The first-order valence-electron chi connectivity index (χ1n) is 10.7. The maximum absolute atomic E-state index is 14.1. The lowest BCUT2D eigenvalue weighted by atomic mass is 10.1. The predicted octanol–water partition coefficient (Wildman–Crippen LogP) is 4.69. The molecule has 0 aliphatic heterocycles. The minimum atomic E-state index is -5.05. The third kappa shape index (κ3) is 7.06. The van der Waals surface area contributed by atoms with Gasteiger partial charge in [0.15, 0.2) is 5.69 Å². The summed E-state index contributed by atoms with van der Waals surface area (Å²) < 4.78 is 61.1. The van der Waals surface area contributed by atoms with Gasteiger partial charge in [-0.3, -0.25) is 14.2 Å². The topological polar surface area (TPSA) is 133 Å². The lowest BCUT2D eigenvalue weighted by Crippen LogP contribution is -2.26. The smallest absolute Gasteiger partial charge is 0.437 e. The maximum Gasteiger partial charge on any atom is 0.437 e. The molecule has 3 rings (SSSR count). The number of carbonyl (C=O) groups is 1. The SMILES string of the molecule is C/C(=C\C(=N/NC=O)c1ccc(C#N)c(F)c1)Cn1cnc(C(F)(F)F)c(Oc2cc(Cl)cc(C#N)c2)c1=O. The van der Waals surface area contributed by atoms with E-state index < -0.39 is 29.0 Å². The van der Waals surface area contributed by atoms with Crippen molar-refractivity contribution in [1.29, 1.82) is 10.5 Å². The summed E-state index contributed by atoms with van der Waals surface area (Å²) in [6.07, 6.45) is -2.77. The highest BCUT2D eigenvalue weighted by molar-refractivity contribution is 6.30. The molecule has 0 aliphatic carbocycles. The molecular formula is C25H15ClF4N6O3. The largest absolute Gasteiger partial charge is 0.449 e. The number of carbonyl (C=O) groups excluding carboxylic acids is 1. The molecule has 0 spiro atoms. The molecule has 9 nitrogen and oxygen atoms in total. The van der Waals surface area contributed by atoms with Crippen LogP contribution < -0.4 is 15.7 Å². The quantitative estimate of drug-likeness (QED) is 0.185. The molecule has 1 heterocycles. The van der Waals surface area contributed by atoms with Crippen molar-refractivity contribution >= 4 is 23.7 Å². The van der Waals surface area contributed by atoms with Gasteiger partial charge >= 0.3 is 6.18 Å². The van der Waals surface area contributed by atoms with E-state index in [-0.39, 0.29) is 46.1 Å². The zero-order chi connectivity index (χ0) is 28.7. The molecule has 3 aromatic rings. The molecule has 0 unspecified atom stereocenters. The Kier molecular flexibility index (Phi) is 8.80. The number of rotatable bonds is 8. The number of hydrazone groups is 1. The maximum atomic E-state index is 14.1. The Hall–Kier alpha value is -5.01. The second-order valence-corrected chi connectivity index (χ2v) is 8.22. The first-order valence-corrected chi connectivity index (χ1v) is 11.0. The van der Waals surface area contributed by atoms with Crippen LogP contribution in [0.5, 0.6) is 11.5 Å². The standard InChI is InChI=1S/C25H15ClF4N6O3/c1-14(4-21(35-34-13-37)16-2-3-17(10-32)20(27)7-16)11-36-12-33-23(25(28,29)30)22(24(36)38)39-19-6-15(9-31)5-18(26)8-19/h2-8,12-13H,11H2,1H3,(H,34,37)/b14-4+,35-21+. The number of alkyl halides is 3. The number of amides is 1. The van der Waals surface area contributed by atoms with E-state index in [9.17, 15) is 27.2 Å². The summed E-state index contributed by atoms with van der Waals surface area (Å²) in [6.45, 7) is 1.19. The molecule has 0 fully saturated rings. The van der Waals surface area contributed by atoms with E-state index in [0.29, 0.717) is 11.9 Å². The van der Waals surface area contributed by atoms with Crippen molar-refractivity contribution < 1.29 is 27.1 Å². The van der Waals surface area contributed by atoms with Gasteiger partial charge in [0.05, 0.1) is 29.2 Å². The molecule has 0 bridgehead atoms. The van der Waals surface area contributed by atoms with E-state index >= 15 is 0 Å². The average molecular weight is 559 g/mol. The summed E-state index contributed by atoms with van der Waals surface area (Å²) in [5, 5.41) is 21.8. The van der Waals surface area contributed by atoms with Crippen LogP contribution in [-0.4, -0.2) is 21.7 Å². The Morgan fingerprint density at radius 2 is 1.97 bits per heavy atom. The summed E-state index contributed by atoms with van der Waals surface area (Å²) >= 11 is 5.89. The average Bonchev–Trinajstić information content (AvgIpc) is 2.87. The zero-order valence-corrected chi connectivity index (χ0v) is 20.5. The predicted molar refractivity (Wildman–Crippen MR) is 130 cm³/mol. The van der Waals surface area contributed by atoms with Crippen molar-refractivity contribution in [3.63, 3.8) is 0 Å². The number of nitriles is 2. The van der Waals surface area contributed by atoms with Gasteiger partial charge in [0.1, 0.15) is 17.6 Å². The van der Waals surface area contributed by atoms with Crippen LogP contribution in [0.25, 0.3) is 0 Å². The van der Waals surface area contributed by atoms with Crippen molar-refractivity contribution in [1.82, 2.24) is 15.0 Å². The number of aromatic nitrogens is 2. The number of nitrogens with one attached hydrogen (secondary N) is 1. The van der Waals surface area contributed by atoms with Gasteiger partial charge < -0.3 is 4.74 Å². The lowest BCUT2D eigenvalue weighted by molar-refractivity contribution is -0.142. The Balaban J connectivity index is 2.04. The second-order valence-electron chi connectivity index (χ2n) is 7.78. The lowest BCUT2D eigenvalue weighted by Gasteiger charge is -2.15. The molecule has 0 aliphatic rings. The van der Waals surface area contributed by atoms with E-state index in [2.05, 4.69) is 15.5 Å². The van der Waals surface area contributed by atoms with Gasteiger partial charge in [-0.1, -0.05) is 23.2 Å². The van der Waals surface area contributed by atoms with Crippen molar-refractivity contribution in [2.45, 2.75) is 19.6 Å². The van der Waals surface area contributed by atoms with Crippen LogP contribution in [0.2, 0.25) is 5.02 Å².